The quantitative estimate of drug-likeness (QED) is 0.371. The van der Waals surface area contributed by atoms with Crippen molar-refractivity contribution < 1.29 is 23.1 Å². The first-order valence-corrected chi connectivity index (χ1v) is 10.2. The first-order chi connectivity index (χ1) is 14.1. The van der Waals surface area contributed by atoms with E-state index in [0.29, 0.717) is 22.5 Å². The average molecular weight is 466 g/mol. The van der Waals surface area contributed by atoms with Crippen LogP contribution in [0.2, 0.25) is 0 Å². The van der Waals surface area contributed by atoms with Gasteiger partial charge in [0.25, 0.3) is 5.91 Å². The Kier molecular flexibility index (Phi) is 7.39. The van der Waals surface area contributed by atoms with Crippen molar-refractivity contribution in [3.8, 4) is 17.0 Å². The molecule has 2 aromatic carbocycles. The number of nitrogens with zero attached hydrogens (tertiary/aromatic N) is 1. The summed E-state index contributed by atoms with van der Waals surface area (Å²) in [6.07, 6.45) is 0. The van der Waals surface area contributed by atoms with Crippen molar-refractivity contribution in [2.45, 2.75) is 18.4 Å². The van der Waals surface area contributed by atoms with E-state index in [1.165, 1.54) is 43.3 Å². The molecule has 6 N–H and O–H groups in total. The number of aromatic amines is 1. The highest BCUT2D eigenvalue weighted by Crippen LogP contribution is 2.29. The second kappa shape index (κ2) is 9.60. The molecule has 3 aromatic rings. The van der Waals surface area contributed by atoms with Gasteiger partial charge in [-0.15, -0.1) is 12.4 Å². The third kappa shape index (κ3) is 6.04. The average Bonchev–Trinajstić information content (AvgIpc) is 3.16. The van der Waals surface area contributed by atoms with Crippen LogP contribution in [-0.4, -0.2) is 35.5 Å². The van der Waals surface area contributed by atoms with Gasteiger partial charge in [0.15, 0.2) is 0 Å². The van der Waals surface area contributed by atoms with Gasteiger partial charge in [-0.05, 0) is 48.0 Å². The van der Waals surface area contributed by atoms with Crippen LogP contribution < -0.4 is 15.8 Å². The fraction of sp³-hybridized carbons (Fsp3) is 0.105. The second-order valence-electron chi connectivity index (χ2n) is 6.45. The van der Waals surface area contributed by atoms with E-state index in [1.807, 2.05) is 0 Å². The van der Waals surface area contributed by atoms with Crippen molar-refractivity contribution in [2.24, 2.45) is 5.14 Å². The Labute approximate surface area is 184 Å². The van der Waals surface area contributed by atoms with E-state index in [2.05, 4.69) is 20.8 Å². The summed E-state index contributed by atoms with van der Waals surface area (Å²) < 4.78 is 22.6. The van der Waals surface area contributed by atoms with Gasteiger partial charge in [-0.25, -0.2) is 13.6 Å². The van der Waals surface area contributed by atoms with Crippen molar-refractivity contribution in [1.29, 1.82) is 0 Å². The standard InChI is InChI=1S/C19H19N5O5S.ClH/c1-11(25)21-10-12-2-7-15(18(26)8-12)16-9-17(24-23-16)19(27)22-13-3-5-14(6-4-13)30(20,28)29;/h2-9,26H,10H2,1H3,(H,21,25)(H,22,27)(H,23,24)(H2,20,28,29);1H. The van der Waals surface area contributed by atoms with Gasteiger partial charge >= 0.3 is 0 Å². The molecule has 0 saturated carbocycles. The SMILES string of the molecule is CC(=O)NCc1ccc(-c2cc(C(=O)Nc3ccc(S(N)(=O)=O)cc3)[nH]n2)c(O)c1.Cl. The highest BCUT2D eigenvalue weighted by atomic mass is 35.5. The Balaban J connectivity index is 0.00000341. The summed E-state index contributed by atoms with van der Waals surface area (Å²) in [5.41, 5.74) is 1.99. The van der Waals surface area contributed by atoms with Crippen molar-refractivity contribution in [3.05, 3.63) is 59.8 Å². The van der Waals surface area contributed by atoms with Crippen LogP contribution in [0.1, 0.15) is 23.0 Å². The number of amides is 2. The molecule has 0 radical (unpaired) electrons. The van der Waals surface area contributed by atoms with Crippen LogP contribution in [0.15, 0.2) is 53.4 Å². The lowest BCUT2D eigenvalue weighted by Crippen LogP contribution is -2.18. The summed E-state index contributed by atoms with van der Waals surface area (Å²) in [7, 11) is -3.82. The summed E-state index contributed by atoms with van der Waals surface area (Å²) in [5.74, 6) is -0.727. The third-order valence-corrected chi connectivity index (χ3v) is 5.07. The second-order valence-corrected chi connectivity index (χ2v) is 8.01. The summed E-state index contributed by atoms with van der Waals surface area (Å²) >= 11 is 0. The normalized spacial score (nSPS) is 10.8. The number of anilines is 1. The number of halogens is 1. The molecule has 0 atom stereocenters. The Hall–Kier alpha value is -3.41. The van der Waals surface area contributed by atoms with Crippen LogP contribution in [0.5, 0.6) is 5.75 Å². The minimum atomic E-state index is -3.82. The van der Waals surface area contributed by atoms with E-state index >= 15 is 0 Å². The van der Waals surface area contributed by atoms with Crippen molar-refractivity contribution in [2.75, 3.05) is 5.32 Å². The number of carbonyl (C=O) groups excluding carboxylic acids is 2. The van der Waals surface area contributed by atoms with Gasteiger partial charge in [0.1, 0.15) is 11.4 Å². The molecule has 12 heteroatoms. The fourth-order valence-corrected chi connectivity index (χ4v) is 3.15. The van der Waals surface area contributed by atoms with E-state index in [0.717, 1.165) is 0 Å². The molecule has 3 rings (SSSR count). The number of hydrogen-bond donors (Lipinski definition) is 5. The topological polar surface area (TPSA) is 167 Å². The zero-order valence-electron chi connectivity index (χ0n) is 16.2. The van der Waals surface area contributed by atoms with Crippen molar-refractivity contribution in [1.82, 2.24) is 15.5 Å². The third-order valence-electron chi connectivity index (χ3n) is 4.14. The molecule has 2 amide bonds. The van der Waals surface area contributed by atoms with E-state index in [-0.39, 0.29) is 41.2 Å². The lowest BCUT2D eigenvalue weighted by atomic mass is 10.1. The van der Waals surface area contributed by atoms with Crippen LogP contribution >= 0.6 is 12.4 Å². The molecule has 1 heterocycles. The molecular weight excluding hydrogens is 446 g/mol. The predicted molar refractivity (Wildman–Crippen MR) is 116 cm³/mol. The van der Waals surface area contributed by atoms with Crippen LogP contribution in [0.4, 0.5) is 5.69 Å². The summed E-state index contributed by atoms with van der Waals surface area (Å²) in [6.45, 7) is 1.68. The molecule has 0 aliphatic heterocycles. The highest BCUT2D eigenvalue weighted by Gasteiger charge is 2.15. The zero-order chi connectivity index (χ0) is 21.9. The number of phenolic OH excluding ortho intramolecular Hbond substituents is 1. The maximum absolute atomic E-state index is 12.4. The van der Waals surface area contributed by atoms with Gasteiger partial charge in [0.2, 0.25) is 15.9 Å². The molecule has 10 nitrogen and oxygen atoms in total. The number of H-pyrrole nitrogens is 1. The number of aromatic nitrogens is 2. The lowest BCUT2D eigenvalue weighted by molar-refractivity contribution is -0.119. The first-order valence-electron chi connectivity index (χ1n) is 8.70. The van der Waals surface area contributed by atoms with E-state index in [1.54, 1.807) is 12.1 Å². The molecule has 0 aliphatic rings. The Morgan fingerprint density at radius 2 is 1.81 bits per heavy atom. The lowest BCUT2D eigenvalue weighted by Gasteiger charge is -2.06. The molecule has 164 valence electrons. The number of carbonyl (C=O) groups is 2. The number of rotatable bonds is 6. The smallest absolute Gasteiger partial charge is 0.273 e. The molecule has 1 aromatic heterocycles. The number of hydrogen-bond acceptors (Lipinski definition) is 6. The number of nitrogens with one attached hydrogen (secondary N) is 3. The van der Waals surface area contributed by atoms with Gasteiger partial charge in [0.05, 0.1) is 10.6 Å². The van der Waals surface area contributed by atoms with Crippen LogP contribution in [0.3, 0.4) is 0 Å². The number of nitrogens with two attached hydrogens (primary N) is 1. The fourth-order valence-electron chi connectivity index (χ4n) is 2.63. The zero-order valence-corrected chi connectivity index (χ0v) is 17.9. The Morgan fingerprint density at radius 3 is 2.39 bits per heavy atom. The number of sulfonamides is 1. The Bertz CT molecular complexity index is 1210. The van der Waals surface area contributed by atoms with Crippen LogP contribution in [-0.2, 0) is 21.4 Å². The predicted octanol–water partition coefficient (Wildman–Crippen LogP) is 1.74. The maximum atomic E-state index is 12.4. The van der Waals surface area contributed by atoms with Gasteiger partial charge in [-0.1, -0.05) is 6.07 Å². The van der Waals surface area contributed by atoms with Crippen LogP contribution in [0.25, 0.3) is 11.3 Å². The van der Waals surface area contributed by atoms with E-state index in [9.17, 15) is 23.1 Å². The highest BCUT2D eigenvalue weighted by molar-refractivity contribution is 7.89. The van der Waals surface area contributed by atoms with Crippen LogP contribution in [0, 0.1) is 0 Å². The van der Waals surface area contributed by atoms with Crippen molar-refractivity contribution >= 4 is 39.9 Å². The monoisotopic (exact) mass is 465 g/mol. The molecule has 0 saturated heterocycles. The number of phenols is 1. The minimum Gasteiger partial charge on any atom is -0.507 e. The first kappa shape index (κ1) is 23.9. The Morgan fingerprint density at radius 1 is 1.13 bits per heavy atom. The minimum absolute atomic E-state index is 0. The summed E-state index contributed by atoms with van der Waals surface area (Å²) in [6, 6.07) is 11.7. The molecule has 0 fully saturated rings. The van der Waals surface area contributed by atoms with Gasteiger partial charge < -0.3 is 15.7 Å². The molecule has 0 spiro atoms. The largest absolute Gasteiger partial charge is 0.507 e. The van der Waals surface area contributed by atoms with E-state index < -0.39 is 15.9 Å². The molecule has 0 aliphatic carbocycles. The van der Waals surface area contributed by atoms with Gasteiger partial charge in [-0.2, -0.15) is 5.10 Å². The molecular formula is C19H20ClN5O5S. The van der Waals surface area contributed by atoms with E-state index in [4.69, 9.17) is 5.14 Å². The van der Waals surface area contributed by atoms with Gasteiger partial charge in [0, 0.05) is 24.7 Å². The van der Waals surface area contributed by atoms with Crippen molar-refractivity contribution in [3.63, 3.8) is 0 Å². The number of aromatic hydroxyl groups is 1. The molecule has 0 unspecified atom stereocenters. The summed E-state index contributed by atoms with van der Waals surface area (Å²) in [4.78, 5) is 23.3. The number of benzene rings is 2. The van der Waals surface area contributed by atoms with Gasteiger partial charge in [-0.3, -0.25) is 14.7 Å². The summed E-state index contributed by atoms with van der Waals surface area (Å²) in [5, 5.41) is 27.2. The molecule has 31 heavy (non-hydrogen) atoms. The molecule has 0 bridgehead atoms. The maximum Gasteiger partial charge on any atom is 0.273 e. The number of primary sulfonamides is 1.